The lowest BCUT2D eigenvalue weighted by Gasteiger charge is -2.22. The van der Waals surface area contributed by atoms with Crippen molar-refractivity contribution < 1.29 is 14.7 Å². The molecule has 0 rings (SSSR count). The summed E-state index contributed by atoms with van der Waals surface area (Å²) in [5.74, 6) is -1.12. The molecular formula is C27H53NO3. The summed E-state index contributed by atoms with van der Waals surface area (Å²) in [4.78, 5) is 24.4. The van der Waals surface area contributed by atoms with E-state index in [0.29, 0.717) is 0 Å². The van der Waals surface area contributed by atoms with Crippen LogP contribution < -0.4 is 5.32 Å². The first-order chi connectivity index (χ1) is 14.9. The Balaban J connectivity index is 4.37. The second kappa shape index (κ2) is 20.8. The zero-order valence-corrected chi connectivity index (χ0v) is 21.2. The fourth-order valence-electron chi connectivity index (χ4n) is 4.24. The summed E-state index contributed by atoms with van der Waals surface area (Å²) >= 11 is 0. The van der Waals surface area contributed by atoms with E-state index in [0.717, 1.165) is 25.7 Å². The van der Waals surface area contributed by atoms with E-state index < -0.39 is 12.0 Å². The molecule has 31 heavy (non-hydrogen) atoms. The maximum atomic E-state index is 12.9. The quantitative estimate of drug-likeness (QED) is 0.168. The standard InChI is InChI=1S/C27H53NO3/c1-5-7-9-11-13-15-17-19-21-24(22-20-18-16-14-12-10-8-6-2)26(29)28-25(23(3)4)27(30)31/h23-25H,5-22H2,1-4H3,(H,28,29)(H,30,31)/t25-/m0/s1. The van der Waals surface area contributed by atoms with Crippen LogP contribution in [0, 0.1) is 11.8 Å². The summed E-state index contributed by atoms with van der Waals surface area (Å²) in [5.41, 5.74) is 0. The number of amides is 1. The molecule has 1 atom stereocenters. The van der Waals surface area contributed by atoms with Gasteiger partial charge >= 0.3 is 5.97 Å². The smallest absolute Gasteiger partial charge is 0.326 e. The molecule has 0 heterocycles. The highest BCUT2D eigenvalue weighted by Crippen LogP contribution is 2.21. The van der Waals surface area contributed by atoms with E-state index in [1.807, 2.05) is 13.8 Å². The molecule has 0 aromatic heterocycles. The predicted octanol–water partition coefficient (Wildman–Crippen LogP) is 7.89. The Morgan fingerprint density at radius 1 is 0.645 bits per heavy atom. The molecule has 0 unspecified atom stereocenters. The Morgan fingerprint density at radius 2 is 1.00 bits per heavy atom. The molecule has 0 aliphatic carbocycles. The molecule has 4 heteroatoms. The lowest BCUT2D eigenvalue weighted by Crippen LogP contribution is -2.46. The van der Waals surface area contributed by atoms with Crippen LogP contribution in [0.3, 0.4) is 0 Å². The highest BCUT2D eigenvalue weighted by Gasteiger charge is 2.27. The van der Waals surface area contributed by atoms with Crippen LogP contribution in [0.25, 0.3) is 0 Å². The Labute approximate surface area is 193 Å². The average molecular weight is 440 g/mol. The van der Waals surface area contributed by atoms with Crippen molar-refractivity contribution in [3.63, 3.8) is 0 Å². The number of carbonyl (C=O) groups is 2. The number of rotatable bonds is 22. The van der Waals surface area contributed by atoms with E-state index in [4.69, 9.17) is 0 Å². The van der Waals surface area contributed by atoms with Crippen LogP contribution in [0.1, 0.15) is 143 Å². The van der Waals surface area contributed by atoms with Crippen molar-refractivity contribution in [3.05, 3.63) is 0 Å². The minimum absolute atomic E-state index is 0.0409. The van der Waals surface area contributed by atoms with E-state index >= 15 is 0 Å². The number of carboxylic acid groups (broad SMARTS) is 1. The second-order valence-corrected chi connectivity index (χ2v) is 9.79. The summed E-state index contributed by atoms with van der Waals surface area (Å²) in [6.07, 6.45) is 21.9. The van der Waals surface area contributed by atoms with Gasteiger partial charge in [0.05, 0.1) is 0 Å². The fraction of sp³-hybridized carbons (Fsp3) is 0.926. The predicted molar refractivity (Wildman–Crippen MR) is 132 cm³/mol. The summed E-state index contributed by atoms with van der Waals surface area (Å²) < 4.78 is 0. The van der Waals surface area contributed by atoms with Gasteiger partial charge in [-0.25, -0.2) is 4.79 Å². The molecule has 2 N–H and O–H groups in total. The number of hydrogen-bond acceptors (Lipinski definition) is 2. The molecule has 184 valence electrons. The van der Waals surface area contributed by atoms with Gasteiger partial charge in [0.1, 0.15) is 6.04 Å². The number of aliphatic carboxylic acids is 1. The van der Waals surface area contributed by atoms with E-state index in [9.17, 15) is 14.7 Å². The van der Waals surface area contributed by atoms with Gasteiger partial charge < -0.3 is 10.4 Å². The summed E-state index contributed by atoms with van der Waals surface area (Å²) in [7, 11) is 0. The van der Waals surface area contributed by atoms with Crippen molar-refractivity contribution in [2.45, 2.75) is 149 Å². The molecule has 0 aliphatic rings. The molecular weight excluding hydrogens is 386 g/mol. The first-order valence-corrected chi connectivity index (χ1v) is 13.5. The first-order valence-electron chi connectivity index (χ1n) is 13.5. The Kier molecular flexibility index (Phi) is 20.1. The highest BCUT2D eigenvalue weighted by molar-refractivity contribution is 5.85. The van der Waals surface area contributed by atoms with Gasteiger partial charge in [0.25, 0.3) is 0 Å². The highest BCUT2D eigenvalue weighted by atomic mass is 16.4. The first kappa shape index (κ1) is 29.9. The topological polar surface area (TPSA) is 66.4 Å². The molecule has 0 radical (unpaired) electrons. The monoisotopic (exact) mass is 439 g/mol. The molecule has 0 aliphatic heterocycles. The Morgan fingerprint density at radius 3 is 1.32 bits per heavy atom. The van der Waals surface area contributed by atoms with Crippen molar-refractivity contribution in [1.29, 1.82) is 0 Å². The largest absolute Gasteiger partial charge is 0.480 e. The zero-order chi connectivity index (χ0) is 23.3. The molecule has 0 saturated carbocycles. The van der Waals surface area contributed by atoms with Crippen molar-refractivity contribution in [2.24, 2.45) is 11.8 Å². The fourth-order valence-corrected chi connectivity index (χ4v) is 4.24. The normalized spacial score (nSPS) is 12.5. The number of nitrogens with one attached hydrogen (secondary N) is 1. The number of unbranched alkanes of at least 4 members (excludes halogenated alkanes) is 14. The number of hydrogen-bond donors (Lipinski definition) is 2. The van der Waals surface area contributed by atoms with Crippen LogP contribution in [0.4, 0.5) is 0 Å². The van der Waals surface area contributed by atoms with Crippen molar-refractivity contribution in [1.82, 2.24) is 5.32 Å². The number of carboxylic acids is 1. The van der Waals surface area contributed by atoms with Gasteiger partial charge in [-0.15, -0.1) is 0 Å². The van der Waals surface area contributed by atoms with Crippen molar-refractivity contribution in [3.8, 4) is 0 Å². The van der Waals surface area contributed by atoms with Crippen molar-refractivity contribution >= 4 is 11.9 Å². The molecule has 4 nitrogen and oxygen atoms in total. The van der Waals surface area contributed by atoms with Gasteiger partial charge in [-0.05, 0) is 18.8 Å². The van der Waals surface area contributed by atoms with Gasteiger partial charge in [-0.2, -0.15) is 0 Å². The molecule has 0 bridgehead atoms. The Bertz CT molecular complexity index is 416. The summed E-state index contributed by atoms with van der Waals surface area (Å²) in [6, 6.07) is -0.785. The van der Waals surface area contributed by atoms with Crippen LogP contribution >= 0.6 is 0 Å². The van der Waals surface area contributed by atoms with Crippen LogP contribution in [0.5, 0.6) is 0 Å². The molecule has 1 amide bonds. The van der Waals surface area contributed by atoms with Crippen LogP contribution in [0.15, 0.2) is 0 Å². The van der Waals surface area contributed by atoms with Gasteiger partial charge in [-0.1, -0.05) is 130 Å². The second-order valence-electron chi connectivity index (χ2n) is 9.79. The van der Waals surface area contributed by atoms with E-state index in [1.165, 1.54) is 89.9 Å². The lowest BCUT2D eigenvalue weighted by molar-refractivity contribution is -0.143. The molecule has 0 spiro atoms. The Hall–Kier alpha value is -1.06. The zero-order valence-electron chi connectivity index (χ0n) is 21.2. The summed E-state index contributed by atoms with van der Waals surface area (Å²) in [6.45, 7) is 8.19. The molecule has 0 aromatic rings. The van der Waals surface area contributed by atoms with Crippen LogP contribution in [0.2, 0.25) is 0 Å². The molecule has 0 aromatic carbocycles. The van der Waals surface area contributed by atoms with E-state index in [-0.39, 0.29) is 17.7 Å². The minimum atomic E-state index is -0.929. The van der Waals surface area contributed by atoms with E-state index in [1.54, 1.807) is 0 Å². The lowest BCUT2D eigenvalue weighted by atomic mass is 9.92. The third kappa shape index (κ3) is 17.2. The maximum Gasteiger partial charge on any atom is 0.326 e. The van der Waals surface area contributed by atoms with Gasteiger partial charge in [0.15, 0.2) is 0 Å². The maximum absolute atomic E-state index is 12.9. The average Bonchev–Trinajstić information content (AvgIpc) is 2.73. The SMILES string of the molecule is CCCCCCCCCCC(CCCCCCCCCC)C(=O)N[C@H](C(=O)O)C(C)C. The van der Waals surface area contributed by atoms with Crippen LogP contribution in [-0.2, 0) is 9.59 Å². The molecule has 0 fully saturated rings. The summed E-state index contributed by atoms with van der Waals surface area (Å²) in [5, 5.41) is 12.3. The third-order valence-electron chi connectivity index (χ3n) is 6.41. The van der Waals surface area contributed by atoms with E-state index in [2.05, 4.69) is 19.2 Å². The third-order valence-corrected chi connectivity index (χ3v) is 6.41. The van der Waals surface area contributed by atoms with Crippen molar-refractivity contribution in [2.75, 3.05) is 0 Å². The van der Waals surface area contributed by atoms with Gasteiger partial charge in [-0.3, -0.25) is 4.79 Å². The van der Waals surface area contributed by atoms with Gasteiger partial charge in [0.2, 0.25) is 5.91 Å². The van der Waals surface area contributed by atoms with Gasteiger partial charge in [0, 0.05) is 5.92 Å². The van der Waals surface area contributed by atoms with Crippen LogP contribution in [-0.4, -0.2) is 23.0 Å². The number of carbonyl (C=O) groups excluding carboxylic acids is 1. The minimum Gasteiger partial charge on any atom is -0.480 e. The molecule has 0 saturated heterocycles.